The van der Waals surface area contributed by atoms with Crippen LogP contribution in [0.3, 0.4) is 0 Å². The number of nitro benzene ring substituents is 1. The molecule has 1 atom stereocenters. The molecule has 1 aromatic carbocycles. The summed E-state index contributed by atoms with van der Waals surface area (Å²) in [5.41, 5.74) is -1.29. The number of carbonyl (C=O) groups excluding carboxylic acids is 1. The molecule has 0 N–H and O–H groups in total. The number of hydrogen-bond donors (Lipinski definition) is 0. The Balaban J connectivity index is 2.46. The highest BCUT2D eigenvalue weighted by Gasteiger charge is 2.33. The van der Waals surface area contributed by atoms with E-state index in [2.05, 4.69) is 0 Å². The molecule has 0 aromatic heterocycles. The third-order valence-corrected chi connectivity index (χ3v) is 2.81. The molecule has 1 saturated heterocycles. The Bertz CT molecular complexity index is 612. The number of rotatable bonds is 2. The van der Waals surface area contributed by atoms with Crippen LogP contribution in [-0.4, -0.2) is 17.4 Å². The molecule has 1 aromatic rings. The second-order valence-electron chi connectivity index (χ2n) is 4.05. The predicted molar refractivity (Wildman–Crippen MR) is 59.1 cm³/mol. The molecular formula is C11H7F2N3O3. The molecule has 19 heavy (non-hydrogen) atoms. The van der Waals surface area contributed by atoms with Gasteiger partial charge in [-0.3, -0.25) is 14.9 Å². The van der Waals surface area contributed by atoms with Gasteiger partial charge in [-0.25, -0.2) is 4.39 Å². The molecule has 1 aliphatic rings. The van der Waals surface area contributed by atoms with Gasteiger partial charge in [-0.15, -0.1) is 0 Å². The third-order valence-electron chi connectivity index (χ3n) is 2.81. The molecule has 0 saturated carbocycles. The van der Waals surface area contributed by atoms with Crippen molar-refractivity contribution in [1.29, 1.82) is 5.26 Å². The van der Waals surface area contributed by atoms with Crippen LogP contribution < -0.4 is 4.90 Å². The van der Waals surface area contributed by atoms with E-state index in [0.717, 1.165) is 4.90 Å². The number of carbonyl (C=O) groups is 1. The first-order valence-corrected chi connectivity index (χ1v) is 5.27. The maximum absolute atomic E-state index is 13.6. The van der Waals surface area contributed by atoms with Crippen LogP contribution in [-0.2, 0) is 4.79 Å². The smallest absolute Gasteiger partial charge is 0.307 e. The van der Waals surface area contributed by atoms with Gasteiger partial charge in [0.05, 0.1) is 22.6 Å². The molecule has 1 fully saturated rings. The highest BCUT2D eigenvalue weighted by Crippen LogP contribution is 2.31. The zero-order chi connectivity index (χ0) is 14.2. The summed E-state index contributed by atoms with van der Waals surface area (Å²) >= 11 is 0. The molecule has 0 aliphatic carbocycles. The number of nitriles is 1. The van der Waals surface area contributed by atoms with Crippen LogP contribution in [0.5, 0.6) is 0 Å². The van der Waals surface area contributed by atoms with E-state index in [1.54, 1.807) is 0 Å². The van der Waals surface area contributed by atoms with Gasteiger partial charge in [0.1, 0.15) is 5.82 Å². The topological polar surface area (TPSA) is 87.2 Å². The number of halogens is 2. The first-order chi connectivity index (χ1) is 8.93. The summed E-state index contributed by atoms with van der Waals surface area (Å²) in [6, 6.07) is 2.90. The Hall–Kier alpha value is -2.56. The van der Waals surface area contributed by atoms with Gasteiger partial charge in [0.25, 0.3) is 0 Å². The van der Waals surface area contributed by atoms with Gasteiger partial charge in [0.15, 0.2) is 0 Å². The number of anilines is 1. The molecule has 1 unspecified atom stereocenters. The van der Waals surface area contributed by atoms with Crippen LogP contribution in [0, 0.1) is 39.0 Å². The lowest BCUT2D eigenvalue weighted by atomic mass is 10.1. The van der Waals surface area contributed by atoms with Crippen LogP contribution in [0.2, 0.25) is 0 Å². The summed E-state index contributed by atoms with van der Waals surface area (Å²) in [5, 5.41) is 19.3. The maximum atomic E-state index is 13.6. The molecule has 1 aliphatic heterocycles. The Morgan fingerprint density at radius 1 is 1.42 bits per heavy atom. The van der Waals surface area contributed by atoms with E-state index >= 15 is 0 Å². The van der Waals surface area contributed by atoms with E-state index in [1.807, 2.05) is 6.07 Å². The maximum Gasteiger partial charge on any atom is 0.307 e. The van der Waals surface area contributed by atoms with Gasteiger partial charge >= 0.3 is 5.69 Å². The SMILES string of the molecule is N#CC1CC(=O)N(c2cc([N+](=O)[O-])c(F)cc2F)C1. The summed E-state index contributed by atoms with van der Waals surface area (Å²) in [6.07, 6.45) is -0.0822. The quantitative estimate of drug-likeness (QED) is 0.603. The second-order valence-corrected chi connectivity index (χ2v) is 4.05. The van der Waals surface area contributed by atoms with Crippen LogP contribution in [0.4, 0.5) is 20.2 Å². The fraction of sp³-hybridized carbons (Fsp3) is 0.273. The lowest BCUT2D eigenvalue weighted by Gasteiger charge is -2.16. The fourth-order valence-corrected chi connectivity index (χ4v) is 1.90. The lowest BCUT2D eigenvalue weighted by Crippen LogP contribution is -2.25. The predicted octanol–water partition coefficient (Wildman–Crippen LogP) is 1.75. The van der Waals surface area contributed by atoms with Crippen molar-refractivity contribution in [3.05, 3.63) is 33.9 Å². The van der Waals surface area contributed by atoms with Gasteiger partial charge in [-0.2, -0.15) is 9.65 Å². The van der Waals surface area contributed by atoms with Gasteiger partial charge in [0, 0.05) is 25.1 Å². The van der Waals surface area contributed by atoms with E-state index in [0.29, 0.717) is 12.1 Å². The largest absolute Gasteiger partial charge is 0.308 e. The van der Waals surface area contributed by atoms with E-state index in [1.165, 1.54) is 0 Å². The van der Waals surface area contributed by atoms with Gasteiger partial charge in [-0.05, 0) is 0 Å². The van der Waals surface area contributed by atoms with Crippen LogP contribution >= 0.6 is 0 Å². The lowest BCUT2D eigenvalue weighted by molar-refractivity contribution is -0.387. The number of benzene rings is 1. The molecule has 0 bridgehead atoms. The third kappa shape index (κ3) is 2.22. The van der Waals surface area contributed by atoms with E-state index < -0.39 is 34.1 Å². The van der Waals surface area contributed by atoms with E-state index in [9.17, 15) is 23.7 Å². The molecule has 0 radical (unpaired) electrons. The zero-order valence-electron chi connectivity index (χ0n) is 9.47. The number of nitro groups is 1. The highest BCUT2D eigenvalue weighted by molar-refractivity contribution is 5.96. The summed E-state index contributed by atoms with van der Waals surface area (Å²) in [7, 11) is 0. The highest BCUT2D eigenvalue weighted by atomic mass is 19.1. The van der Waals surface area contributed by atoms with Crippen molar-refractivity contribution in [3.8, 4) is 6.07 Å². The molecule has 1 amide bonds. The minimum absolute atomic E-state index is 0.0605. The van der Waals surface area contributed by atoms with Crippen LogP contribution in [0.25, 0.3) is 0 Å². The standard InChI is InChI=1S/C11H7F2N3O3/c12-7-2-8(13)10(16(18)19)3-9(7)15-5-6(4-14)1-11(15)17/h2-3,6H,1,5H2. The second kappa shape index (κ2) is 4.61. The van der Waals surface area contributed by atoms with E-state index in [4.69, 9.17) is 5.26 Å². The Morgan fingerprint density at radius 3 is 2.63 bits per heavy atom. The zero-order valence-corrected chi connectivity index (χ0v) is 9.47. The van der Waals surface area contributed by atoms with Crippen molar-refractivity contribution >= 4 is 17.3 Å². The number of hydrogen-bond acceptors (Lipinski definition) is 4. The van der Waals surface area contributed by atoms with Crippen molar-refractivity contribution in [2.75, 3.05) is 11.4 Å². The van der Waals surface area contributed by atoms with E-state index in [-0.39, 0.29) is 18.7 Å². The summed E-state index contributed by atoms with van der Waals surface area (Å²) in [6.45, 7) is -0.0605. The summed E-state index contributed by atoms with van der Waals surface area (Å²) in [5.74, 6) is -3.51. The van der Waals surface area contributed by atoms with Gasteiger partial charge in [0.2, 0.25) is 11.7 Å². The molecule has 8 heteroatoms. The first kappa shape index (κ1) is 12.9. The van der Waals surface area contributed by atoms with Crippen LogP contribution in [0.15, 0.2) is 12.1 Å². The Kier molecular flexibility index (Phi) is 3.12. The average molecular weight is 267 g/mol. The van der Waals surface area contributed by atoms with Crippen molar-refractivity contribution in [3.63, 3.8) is 0 Å². The van der Waals surface area contributed by atoms with Crippen LogP contribution in [0.1, 0.15) is 6.42 Å². The molecule has 0 spiro atoms. The molecule has 2 rings (SSSR count). The first-order valence-electron chi connectivity index (χ1n) is 5.27. The van der Waals surface area contributed by atoms with Crippen molar-refractivity contribution in [2.24, 2.45) is 5.92 Å². The van der Waals surface area contributed by atoms with Gasteiger partial charge in [-0.1, -0.05) is 0 Å². The summed E-state index contributed by atoms with van der Waals surface area (Å²) < 4.78 is 26.8. The molecular weight excluding hydrogens is 260 g/mol. The monoisotopic (exact) mass is 267 g/mol. The van der Waals surface area contributed by atoms with Crippen molar-refractivity contribution in [1.82, 2.24) is 0 Å². The average Bonchev–Trinajstić information content (AvgIpc) is 2.70. The summed E-state index contributed by atoms with van der Waals surface area (Å²) in [4.78, 5) is 22.1. The van der Waals surface area contributed by atoms with Gasteiger partial charge < -0.3 is 4.90 Å². The minimum Gasteiger partial charge on any atom is -0.308 e. The van der Waals surface area contributed by atoms with Crippen molar-refractivity contribution < 1.29 is 18.5 Å². The van der Waals surface area contributed by atoms with Crippen molar-refractivity contribution in [2.45, 2.75) is 6.42 Å². The Labute approximate surface area is 106 Å². The molecule has 1 heterocycles. The fourth-order valence-electron chi connectivity index (χ4n) is 1.90. The minimum atomic E-state index is -1.31. The number of amides is 1. The molecule has 98 valence electrons. The Morgan fingerprint density at radius 2 is 2.11 bits per heavy atom. The molecule has 6 nitrogen and oxygen atoms in total. The normalized spacial score (nSPS) is 18.5. The number of nitrogens with zero attached hydrogens (tertiary/aromatic N) is 3.